The average Bonchev–Trinajstić information content (AvgIpc) is 2.82. The summed E-state index contributed by atoms with van der Waals surface area (Å²) in [5, 5.41) is 21.5. The summed E-state index contributed by atoms with van der Waals surface area (Å²) in [5.41, 5.74) is 4.38. The molecule has 2 fully saturated rings. The number of aliphatic hydroxyl groups is 1. The van der Waals surface area contributed by atoms with Crippen molar-refractivity contribution in [3.63, 3.8) is 0 Å². The van der Waals surface area contributed by atoms with Gasteiger partial charge in [-0.3, -0.25) is 9.69 Å². The van der Waals surface area contributed by atoms with E-state index in [1.807, 2.05) is 0 Å². The summed E-state index contributed by atoms with van der Waals surface area (Å²) in [6.45, 7) is 1.41. The van der Waals surface area contributed by atoms with E-state index in [0.29, 0.717) is 25.8 Å². The van der Waals surface area contributed by atoms with Gasteiger partial charge in [-0.1, -0.05) is 13.0 Å². The number of nitrogens with zero attached hydrogens (tertiary/aromatic N) is 1. The smallest absolute Gasteiger partial charge is 0.401 e. The summed E-state index contributed by atoms with van der Waals surface area (Å²) in [5.74, 6) is 0.401. The van der Waals surface area contributed by atoms with Crippen molar-refractivity contribution in [3.05, 3.63) is 29.3 Å². The second kappa shape index (κ2) is 6.67. The van der Waals surface area contributed by atoms with Crippen LogP contribution in [0.2, 0.25) is 0 Å². The van der Waals surface area contributed by atoms with Gasteiger partial charge in [0.15, 0.2) is 0 Å². The van der Waals surface area contributed by atoms with Gasteiger partial charge in [0.1, 0.15) is 5.75 Å². The number of fused-ring (bicyclic) bond motifs is 1. The van der Waals surface area contributed by atoms with Crippen molar-refractivity contribution < 1.29 is 28.2 Å². The number of likely N-dealkylation sites (tertiary alicyclic amines) is 1. The number of aromatic hydroxyl groups is 1. The van der Waals surface area contributed by atoms with Crippen LogP contribution in [-0.2, 0) is 16.6 Å². The van der Waals surface area contributed by atoms with E-state index in [9.17, 15) is 23.4 Å². The third-order valence-corrected chi connectivity index (χ3v) is 6.41. The fourth-order valence-corrected chi connectivity index (χ4v) is 5.73. The lowest BCUT2D eigenvalue weighted by Crippen LogP contribution is -2.70. The van der Waals surface area contributed by atoms with Crippen LogP contribution in [0.4, 0.5) is 13.2 Å². The van der Waals surface area contributed by atoms with Crippen molar-refractivity contribution in [3.8, 4) is 5.75 Å². The summed E-state index contributed by atoms with van der Waals surface area (Å²) < 4.78 is 39.0. The van der Waals surface area contributed by atoms with E-state index >= 15 is 0 Å². The van der Waals surface area contributed by atoms with Gasteiger partial charge in [0, 0.05) is 11.5 Å². The summed E-state index contributed by atoms with van der Waals surface area (Å²) in [6, 6.07) is 4.59. The van der Waals surface area contributed by atoms with Crippen LogP contribution in [0.3, 0.4) is 0 Å². The molecule has 150 valence electrons. The van der Waals surface area contributed by atoms with Gasteiger partial charge in [-0.25, -0.2) is 0 Å². The maximum Gasteiger partial charge on any atom is 0.401 e. The van der Waals surface area contributed by atoms with E-state index in [1.54, 1.807) is 18.2 Å². The Morgan fingerprint density at radius 3 is 2.67 bits per heavy atom. The number of halogens is 3. The maximum absolute atomic E-state index is 13.0. The predicted octanol–water partition coefficient (Wildman–Crippen LogP) is 2.09. The summed E-state index contributed by atoms with van der Waals surface area (Å²) in [7, 11) is 0. The lowest BCUT2D eigenvalue weighted by atomic mass is 9.56. The first-order valence-corrected chi connectivity index (χ1v) is 9.07. The maximum atomic E-state index is 13.0. The van der Waals surface area contributed by atoms with Crippen molar-refractivity contribution >= 4 is 6.41 Å². The molecule has 5 nitrogen and oxygen atoms in total. The molecule has 2 aliphatic carbocycles. The van der Waals surface area contributed by atoms with Crippen molar-refractivity contribution in [2.45, 2.75) is 55.8 Å². The largest absolute Gasteiger partial charge is 0.508 e. The molecule has 0 radical (unpaired) electrons. The molecule has 1 amide bonds. The highest BCUT2D eigenvalue weighted by atomic mass is 19.4. The topological polar surface area (TPSA) is 86.8 Å². The molecular weight excluding hydrogens is 361 g/mol. The number of amides is 1. The number of carbonyl (C=O) groups excluding carboxylic acids is 1. The van der Waals surface area contributed by atoms with E-state index in [-0.39, 0.29) is 18.1 Å². The van der Waals surface area contributed by atoms with Gasteiger partial charge < -0.3 is 15.9 Å². The molecule has 1 saturated carbocycles. The van der Waals surface area contributed by atoms with Crippen molar-refractivity contribution in [2.24, 2.45) is 11.7 Å². The molecule has 4 rings (SSSR count). The molecule has 0 aromatic heterocycles. The molecule has 3 aliphatic rings. The molecule has 2 bridgehead atoms. The van der Waals surface area contributed by atoms with E-state index < -0.39 is 29.8 Å². The number of hydrogen-bond acceptors (Lipinski definition) is 4. The molecule has 1 heterocycles. The van der Waals surface area contributed by atoms with Gasteiger partial charge in [-0.15, -0.1) is 0 Å². The van der Waals surface area contributed by atoms with Gasteiger partial charge >= 0.3 is 6.18 Å². The number of alkyl halides is 3. The van der Waals surface area contributed by atoms with Gasteiger partial charge in [0.05, 0.1) is 12.1 Å². The number of piperidine rings is 1. The molecule has 0 spiro atoms. The zero-order valence-electron chi connectivity index (χ0n) is 15.2. The first-order valence-electron chi connectivity index (χ1n) is 9.07. The minimum Gasteiger partial charge on any atom is -0.508 e. The van der Waals surface area contributed by atoms with Crippen LogP contribution in [0.25, 0.3) is 0 Å². The number of nitrogens with two attached hydrogens (primary N) is 1. The Balaban J connectivity index is 0.000000659. The van der Waals surface area contributed by atoms with Gasteiger partial charge in [-0.05, 0) is 61.4 Å². The van der Waals surface area contributed by atoms with Crippen LogP contribution in [-0.4, -0.2) is 52.4 Å². The second-order valence-electron chi connectivity index (χ2n) is 8.05. The molecule has 3 unspecified atom stereocenters. The molecule has 1 aromatic carbocycles. The lowest BCUT2D eigenvalue weighted by Gasteiger charge is -2.59. The number of primary amides is 1. The normalized spacial score (nSPS) is 34.9. The van der Waals surface area contributed by atoms with E-state index in [4.69, 9.17) is 4.79 Å². The Morgan fingerprint density at radius 1 is 1.37 bits per heavy atom. The number of phenols is 1. The van der Waals surface area contributed by atoms with Crippen LogP contribution < -0.4 is 5.73 Å². The standard InChI is InChI=1S/C18H22F3NO2.CH3NO/c1-11-8-16-4-5-22(10-18(19,20)21)15(17(16,24)9-11)6-12-2-3-13(23)7-14(12)16;2-1-3/h2-3,7,11,15,23-24H,4-6,8-10H2,1H3;1H,(H2,2,3)/t11?,15?,16-,17?;/m1./s1. The minimum atomic E-state index is -4.27. The number of benzene rings is 1. The zero-order valence-corrected chi connectivity index (χ0v) is 15.2. The molecule has 1 saturated heterocycles. The Kier molecular flexibility index (Phi) is 4.93. The van der Waals surface area contributed by atoms with E-state index in [2.05, 4.69) is 12.7 Å². The highest BCUT2D eigenvalue weighted by Gasteiger charge is 2.66. The third kappa shape index (κ3) is 3.18. The van der Waals surface area contributed by atoms with Crippen LogP contribution >= 0.6 is 0 Å². The predicted molar refractivity (Wildman–Crippen MR) is 93.1 cm³/mol. The summed E-state index contributed by atoms with van der Waals surface area (Å²) in [4.78, 5) is 10.0. The van der Waals surface area contributed by atoms with Crippen LogP contribution in [0.1, 0.15) is 37.3 Å². The van der Waals surface area contributed by atoms with Crippen LogP contribution in [0.5, 0.6) is 5.75 Å². The fraction of sp³-hybridized carbons (Fsp3) is 0.632. The Labute approximate surface area is 156 Å². The van der Waals surface area contributed by atoms with Gasteiger partial charge in [-0.2, -0.15) is 13.2 Å². The third-order valence-electron chi connectivity index (χ3n) is 6.41. The van der Waals surface area contributed by atoms with Crippen LogP contribution in [0, 0.1) is 5.92 Å². The number of carbonyl (C=O) groups is 1. The minimum absolute atomic E-state index is 0.154. The molecule has 4 N–H and O–H groups in total. The molecule has 8 heteroatoms. The quantitative estimate of drug-likeness (QED) is 0.645. The molecular formula is C19H25F3N2O3. The van der Waals surface area contributed by atoms with Gasteiger partial charge in [0.2, 0.25) is 6.41 Å². The van der Waals surface area contributed by atoms with Crippen molar-refractivity contribution in [1.82, 2.24) is 4.90 Å². The van der Waals surface area contributed by atoms with Crippen molar-refractivity contribution in [2.75, 3.05) is 13.1 Å². The number of rotatable bonds is 1. The Morgan fingerprint density at radius 2 is 2.04 bits per heavy atom. The molecule has 4 atom stereocenters. The first-order chi connectivity index (χ1) is 12.6. The van der Waals surface area contributed by atoms with E-state index in [0.717, 1.165) is 17.5 Å². The average molecular weight is 386 g/mol. The monoisotopic (exact) mass is 386 g/mol. The molecule has 1 aromatic rings. The Bertz CT molecular complexity index is 727. The first kappa shape index (κ1) is 19.9. The highest BCUT2D eigenvalue weighted by molar-refractivity contribution is 5.48. The summed E-state index contributed by atoms with van der Waals surface area (Å²) in [6.07, 6.45) is -1.85. The SMILES string of the molecule is CC1CC2(O)C3Cc4ccc(O)cc4[C@@]2(CCN3CC(F)(F)F)C1.NC=O. The fourth-order valence-electron chi connectivity index (χ4n) is 5.73. The second-order valence-corrected chi connectivity index (χ2v) is 8.05. The molecule has 27 heavy (non-hydrogen) atoms. The Hall–Kier alpha value is -1.80. The number of hydrogen-bond donors (Lipinski definition) is 3. The molecule has 1 aliphatic heterocycles. The lowest BCUT2D eigenvalue weighted by molar-refractivity contribution is -0.188. The summed E-state index contributed by atoms with van der Waals surface area (Å²) >= 11 is 0. The highest BCUT2D eigenvalue weighted by Crippen LogP contribution is 2.61. The van der Waals surface area contributed by atoms with Crippen molar-refractivity contribution in [1.29, 1.82) is 0 Å². The van der Waals surface area contributed by atoms with E-state index in [1.165, 1.54) is 4.90 Å². The number of phenolic OH excluding ortho intramolecular Hbond substituents is 1. The zero-order chi connectivity index (χ0) is 20.0. The van der Waals surface area contributed by atoms with Gasteiger partial charge in [0.25, 0.3) is 0 Å². The van der Waals surface area contributed by atoms with Crippen LogP contribution in [0.15, 0.2) is 18.2 Å².